The number of ether oxygens (including phenoxy) is 1. The Hall–Kier alpha value is -2.64. The van der Waals surface area contributed by atoms with Crippen LogP contribution in [0.3, 0.4) is 0 Å². The standard InChI is InChI=1S/C13H15FN2O5/c1-3-21-10(17)7-16(2)13(20)15-9-6-4-5-8(14)11(9)12(18)19/h4-6H,3,7H2,1-2H3,(H,15,20)(H,18,19). The van der Waals surface area contributed by atoms with Crippen LogP contribution in [0.25, 0.3) is 0 Å². The summed E-state index contributed by atoms with van der Waals surface area (Å²) in [4.78, 5) is 35.0. The number of carboxylic acid groups (broad SMARTS) is 1. The molecule has 2 amide bonds. The van der Waals surface area contributed by atoms with Crippen molar-refractivity contribution in [3.63, 3.8) is 0 Å². The summed E-state index contributed by atoms with van der Waals surface area (Å²) in [5.74, 6) is -3.07. The molecule has 0 spiro atoms. The van der Waals surface area contributed by atoms with Gasteiger partial charge in [0.05, 0.1) is 12.3 Å². The van der Waals surface area contributed by atoms with E-state index in [0.717, 1.165) is 11.0 Å². The molecule has 0 atom stereocenters. The average Bonchev–Trinajstić information content (AvgIpc) is 2.38. The van der Waals surface area contributed by atoms with Crippen molar-refractivity contribution in [3.05, 3.63) is 29.6 Å². The van der Waals surface area contributed by atoms with Crippen LogP contribution in [0.5, 0.6) is 0 Å². The monoisotopic (exact) mass is 298 g/mol. The quantitative estimate of drug-likeness (QED) is 0.804. The molecule has 0 heterocycles. The van der Waals surface area contributed by atoms with Crippen molar-refractivity contribution < 1.29 is 28.6 Å². The lowest BCUT2D eigenvalue weighted by molar-refractivity contribution is -0.143. The normalized spacial score (nSPS) is 9.86. The SMILES string of the molecule is CCOC(=O)CN(C)C(=O)Nc1cccc(F)c1C(=O)O. The molecule has 1 rings (SSSR count). The third-order valence-corrected chi connectivity index (χ3v) is 2.49. The first-order valence-electron chi connectivity index (χ1n) is 6.06. The number of carbonyl (C=O) groups is 3. The Morgan fingerprint density at radius 2 is 2.05 bits per heavy atom. The van der Waals surface area contributed by atoms with Gasteiger partial charge in [-0.3, -0.25) is 4.79 Å². The van der Waals surface area contributed by atoms with E-state index in [4.69, 9.17) is 5.11 Å². The summed E-state index contributed by atoms with van der Waals surface area (Å²) >= 11 is 0. The Morgan fingerprint density at radius 3 is 2.62 bits per heavy atom. The third kappa shape index (κ3) is 4.44. The van der Waals surface area contributed by atoms with Crippen LogP contribution in [0.1, 0.15) is 17.3 Å². The first-order valence-corrected chi connectivity index (χ1v) is 6.06. The molecule has 0 unspecified atom stereocenters. The highest BCUT2D eigenvalue weighted by Crippen LogP contribution is 2.19. The number of rotatable bonds is 5. The van der Waals surface area contributed by atoms with Crippen molar-refractivity contribution in [3.8, 4) is 0 Å². The number of amides is 2. The first kappa shape index (κ1) is 16.4. The highest BCUT2D eigenvalue weighted by atomic mass is 19.1. The van der Waals surface area contributed by atoms with Crippen LogP contribution in [0, 0.1) is 5.82 Å². The van der Waals surface area contributed by atoms with E-state index >= 15 is 0 Å². The predicted octanol–water partition coefficient (Wildman–Crippen LogP) is 1.55. The van der Waals surface area contributed by atoms with Crippen LogP contribution < -0.4 is 5.32 Å². The van der Waals surface area contributed by atoms with Crippen LogP contribution in [0.15, 0.2) is 18.2 Å². The van der Waals surface area contributed by atoms with Gasteiger partial charge in [-0.15, -0.1) is 0 Å². The first-order chi connectivity index (χ1) is 9.86. The van der Waals surface area contributed by atoms with Gasteiger partial charge in [0.1, 0.15) is 17.9 Å². The smallest absolute Gasteiger partial charge is 0.340 e. The number of nitrogens with zero attached hydrogens (tertiary/aromatic N) is 1. The summed E-state index contributed by atoms with van der Waals surface area (Å²) < 4.78 is 18.1. The van der Waals surface area contributed by atoms with E-state index in [1.54, 1.807) is 6.92 Å². The Morgan fingerprint density at radius 1 is 1.38 bits per heavy atom. The molecule has 114 valence electrons. The van der Waals surface area contributed by atoms with Gasteiger partial charge in [-0.05, 0) is 19.1 Å². The lowest BCUT2D eigenvalue weighted by atomic mass is 10.1. The number of halogens is 1. The zero-order valence-electron chi connectivity index (χ0n) is 11.6. The zero-order chi connectivity index (χ0) is 16.0. The largest absolute Gasteiger partial charge is 0.478 e. The molecule has 0 radical (unpaired) electrons. The number of likely N-dealkylation sites (N-methyl/N-ethyl adjacent to an activating group) is 1. The number of nitrogens with one attached hydrogen (secondary N) is 1. The van der Waals surface area contributed by atoms with E-state index in [2.05, 4.69) is 10.1 Å². The third-order valence-electron chi connectivity index (χ3n) is 2.49. The van der Waals surface area contributed by atoms with Crippen LogP contribution >= 0.6 is 0 Å². The van der Waals surface area contributed by atoms with E-state index in [0.29, 0.717) is 0 Å². The second-order valence-electron chi connectivity index (χ2n) is 4.06. The number of anilines is 1. The van der Waals surface area contributed by atoms with Crippen molar-refractivity contribution in [2.45, 2.75) is 6.92 Å². The molecule has 0 aliphatic carbocycles. The Balaban J connectivity index is 2.82. The van der Waals surface area contributed by atoms with Crippen LogP contribution in [0.2, 0.25) is 0 Å². The van der Waals surface area contributed by atoms with Gasteiger partial charge in [0.15, 0.2) is 0 Å². The number of hydrogen-bond donors (Lipinski definition) is 2. The topological polar surface area (TPSA) is 95.9 Å². The summed E-state index contributed by atoms with van der Waals surface area (Å²) in [6, 6.07) is 2.74. The van der Waals surface area contributed by atoms with Crippen LogP contribution in [0.4, 0.5) is 14.9 Å². The number of benzene rings is 1. The van der Waals surface area contributed by atoms with Gasteiger partial charge < -0.3 is 20.1 Å². The molecule has 0 saturated heterocycles. The van der Waals surface area contributed by atoms with Crippen LogP contribution in [-0.4, -0.2) is 48.2 Å². The molecule has 0 saturated carbocycles. The minimum Gasteiger partial charge on any atom is -0.478 e. The molecular formula is C13H15FN2O5. The fraction of sp³-hybridized carbons (Fsp3) is 0.308. The molecule has 8 heteroatoms. The summed E-state index contributed by atoms with van der Waals surface area (Å²) in [5, 5.41) is 11.2. The van der Waals surface area contributed by atoms with Gasteiger partial charge in [0.25, 0.3) is 0 Å². The molecule has 0 aliphatic heterocycles. The molecule has 1 aromatic carbocycles. The van der Waals surface area contributed by atoms with E-state index in [9.17, 15) is 18.8 Å². The second kappa shape index (κ2) is 7.22. The molecule has 0 aromatic heterocycles. The zero-order valence-corrected chi connectivity index (χ0v) is 11.6. The predicted molar refractivity (Wildman–Crippen MR) is 71.6 cm³/mol. The Labute approximate surface area is 120 Å². The van der Waals surface area contributed by atoms with Gasteiger partial charge in [-0.2, -0.15) is 0 Å². The summed E-state index contributed by atoms with van der Waals surface area (Å²) in [5.41, 5.74) is -0.835. The fourth-order valence-corrected chi connectivity index (χ4v) is 1.53. The second-order valence-corrected chi connectivity index (χ2v) is 4.06. The van der Waals surface area contributed by atoms with Crippen molar-refractivity contribution in [2.24, 2.45) is 0 Å². The molecule has 0 fully saturated rings. The number of hydrogen-bond acceptors (Lipinski definition) is 4. The number of urea groups is 1. The maximum absolute atomic E-state index is 13.4. The highest BCUT2D eigenvalue weighted by Gasteiger charge is 2.19. The minimum absolute atomic E-state index is 0.182. The lowest BCUT2D eigenvalue weighted by Crippen LogP contribution is -2.36. The summed E-state index contributed by atoms with van der Waals surface area (Å²) in [7, 11) is 1.33. The number of carbonyl (C=O) groups excluding carboxylic acids is 2. The van der Waals surface area contributed by atoms with Gasteiger partial charge >= 0.3 is 18.0 Å². The average molecular weight is 298 g/mol. The Bertz CT molecular complexity index is 561. The Kier molecular flexibility index (Phi) is 5.65. The van der Waals surface area contributed by atoms with E-state index in [-0.39, 0.29) is 18.8 Å². The van der Waals surface area contributed by atoms with Crippen molar-refractivity contribution >= 4 is 23.7 Å². The minimum atomic E-state index is -1.50. The van der Waals surface area contributed by atoms with Gasteiger partial charge in [0.2, 0.25) is 0 Å². The summed E-state index contributed by atoms with van der Waals surface area (Å²) in [6.45, 7) is 1.50. The number of aromatic carboxylic acids is 1. The maximum Gasteiger partial charge on any atom is 0.340 e. The molecule has 2 N–H and O–H groups in total. The lowest BCUT2D eigenvalue weighted by Gasteiger charge is -2.17. The van der Waals surface area contributed by atoms with Gasteiger partial charge in [-0.25, -0.2) is 14.0 Å². The summed E-state index contributed by atoms with van der Waals surface area (Å²) in [6.07, 6.45) is 0. The fourth-order valence-electron chi connectivity index (χ4n) is 1.53. The van der Waals surface area contributed by atoms with Gasteiger partial charge in [-0.1, -0.05) is 6.07 Å². The number of carboxylic acids is 1. The molecule has 7 nitrogen and oxygen atoms in total. The number of esters is 1. The van der Waals surface area contributed by atoms with E-state index in [1.165, 1.54) is 19.2 Å². The van der Waals surface area contributed by atoms with Crippen molar-refractivity contribution in [1.29, 1.82) is 0 Å². The molecule has 21 heavy (non-hydrogen) atoms. The van der Waals surface area contributed by atoms with Gasteiger partial charge in [0, 0.05) is 7.05 Å². The van der Waals surface area contributed by atoms with Crippen LogP contribution in [-0.2, 0) is 9.53 Å². The van der Waals surface area contributed by atoms with Crippen molar-refractivity contribution in [2.75, 3.05) is 25.5 Å². The molecule has 1 aromatic rings. The molecule has 0 aliphatic rings. The maximum atomic E-state index is 13.4. The molecular weight excluding hydrogens is 283 g/mol. The van der Waals surface area contributed by atoms with E-state index in [1.807, 2.05) is 0 Å². The van der Waals surface area contributed by atoms with Crippen molar-refractivity contribution in [1.82, 2.24) is 4.90 Å². The van der Waals surface area contributed by atoms with E-state index < -0.39 is 29.4 Å². The highest BCUT2D eigenvalue weighted by molar-refractivity contribution is 6.00. The molecule has 0 bridgehead atoms.